The van der Waals surface area contributed by atoms with Gasteiger partial charge in [0.2, 0.25) is 0 Å². The molecule has 0 aliphatic heterocycles. The first-order chi connectivity index (χ1) is 15.6. The minimum atomic E-state index is -0.441. The topological polar surface area (TPSA) is 94.8 Å². The lowest BCUT2D eigenvalue weighted by Gasteiger charge is -2.07. The molecule has 0 radical (unpaired) electrons. The molecule has 1 amide bonds. The van der Waals surface area contributed by atoms with Crippen LogP contribution in [0.2, 0.25) is 0 Å². The van der Waals surface area contributed by atoms with Gasteiger partial charge in [0.25, 0.3) is 11.5 Å². The van der Waals surface area contributed by atoms with Gasteiger partial charge in [-0.05, 0) is 35.4 Å². The normalized spacial score (nSPS) is 11.1. The Balaban J connectivity index is 1.46. The van der Waals surface area contributed by atoms with Gasteiger partial charge in [0, 0.05) is 4.88 Å². The number of carbonyl (C=O) groups excluding carboxylic acids is 1. The van der Waals surface area contributed by atoms with Gasteiger partial charge < -0.3 is 9.47 Å². The Morgan fingerprint density at radius 3 is 2.66 bits per heavy atom. The van der Waals surface area contributed by atoms with E-state index in [1.807, 2.05) is 36.4 Å². The largest absolute Gasteiger partial charge is 0.493 e. The van der Waals surface area contributed by atoms with Crippen molar-refractivity contribution in [2.24, 2.45) is 5.10 Å². The number of carbonyl (C=O) groups is 1. The molecule has 2 heterocycles. The second-order valence-electron chi connectivity index (χ2n) is 6.78. The number of nitrogens with zero attached hydrogens (tertiary/aromatic N) is 3. The molecule has 32 heavy (non-hydrogen) atoms. The van der Waals surface area contributed by atoms with Crippen LogP contribution < -0.4 is 20.5 Å². The lowest BCUT2D eigenvalue weighted by molar-refractivity contribution is -0.121. The molecule has 2 aromatic carbocycles. The van der Waals surface area contributed by atoms with Crippen LogP contribution in [0.1, 0.15) is 5.56 Å². The number of fused-ring (bicyclic) bond motifs is 1. The highest BCUT2D eigenvalue weighted by Gasteiger charge is 2.12. The van der Waals surface area contributed by atoms with Crippen molar-refractivity contribution in [1.82, 2.24) is 15.0 Å². The number of thiophene rings is 1. The van der Waals surface area contributed by atoms with Crippen LogP contribution in [-0.2, 0) is 11.3 Å². The van der Waals surface area contributed by atoms with E-state index in [0.29, 0.717) is 21.7 Å². The Labute approximate surface area is 187 Å². The molecule has 0 aliphatic rings. The molecule has 0 fully saturated rings. The number of amides is 1. The summed E-state index contributed by atoms with van der Waals surface area (Å²) < 4.78 is 11.7. The third-order valence-corrected chi connectivity index (χ3v) is 5.79. The van der Waals surface area contributed by atoms with E-state index in [0.717, 1.165) is 16.0 Å². The van der Waals surface area contributed by atoms with Crippen LogP contribution in [0.4, 0.5) is 0 Å². The number of methoxy groups -OCH3 is 2. The molecular weight excluding hydrogens is 428 g/mol. The molecule has 8 nitrogen and oxygen atoms in total. The highest BCUT2D eigenvalue weighted by atomic mass is 32.1. The van der Waals surface area contributed by atoms with Crippen LogP contribution in [0.15, 0.2) is 70.8 Å². The van der Waals surface area contributed by atoms with E-state index in [-0.39, 0.29) is 12.1 Å². The zero-order valence-electron chi connectivity index (χ0n) is 17.4. The van der Waals surface area contributed by atoms with E-state index in [9.17, 15) is 9.59 Å². The lowest BCUT2D eigenvalue weighted by Crippen LogP contribution is -2.29. The van der Waals surface area contributed by atoms with Gasteiger partial charge in [-0.15, -0.1) is 11.3 Å². The molecule has 0 aliphatic carbocycles. The Hall–Kier alpha value is -3.98. The zero-order valence-corrected chi connectivity index (χ0v) is 18.3. The predicted octanol–water partition coefficient (Wildman–Crippen LogP) is 3.29. The molecule has 9 heteroatoms. The number of rotatable bonds is 7. The second kappa shape index (κ2) is 9.44. The lowest BCUT2D eigenvalue weighted by atomic mass is 10.2. The van der Waals surface area contributed by atoms with E-state index >= 15 is 0 Å². The zero-order chi connectivity index (χ0) is 22.5. The van der Waals surface area contributed by atoms with Crippen molar-refractivity contribution in [3.8, 4) is 21.9 Å². The standard InChI is InChI=1S/C23H20N4O4S/c1-30-18-9-8-15(10-19(18)31-2)12-25-26-21(28)13-27-14-24-22-17(23(27)29)11-20(32-22)16-6-4-3-5-7-16/h3-12,14H,13H2,1-2H3,(H,26,28)/b25-12-. The fraction of sp³-hybridized carbons (Fsp3) is 0.130. The summed E-state index contributed by atoms with van der Waals surface area (Å²) >= 11 is 1.44. The van der Waals surface area contributed by atoms with E-state index in [4.69, 9.17) is 9.47 Å². The molecule has 162 valence electrons. The van der Waals surface area contributed by atoms with E-state index < -0.39 is 5.91 Å². The van der Waals surface area contributed by atoms with Gasteiger partial charge in [-0.1, -0.05) is 30.3 Å². The van der Waals surface area contributed by atoms with E-state index in [2.05, 4.69) is 15.5 Å². The monoisotopic (exact) mass is 448 g/mol. The molecule has 0 atom stereocenters. The maximum atomic E-state index is 12.8. The molecule has 1 N–H and O–H groups in total. The number of benzene rings is 2. The first kappa shape index (κ1) is 21.3. The summed E-state index contributed by atoms with van der Waals surface area (Å²) in [5, 5.41) is 4.43. The smallest absolute Gasteiger partial charge is 0.262 e. The first-order valence-corrected chi connectivity index (χ1v) is 10.5. The number of ether oxygens (including phenoxy) is 2. The summed E-state index contributed by atoms with van der Waals surface area (Å²) in [7, 11) is 3.10. The third kappa shape index (κ3) is 4.52. The van der Waals surface area contributed by atoms with Crippen molar-refractivity contribution in [3.05, 3.63) is 76.8 Å². The molecule has 0 unspecified atom stereocenters. The van der Waals surface area contributed by atoms with Crippen molar-refractivity contribution < 1.29 is 14.3 Å². The molecular formula is C23H20N4O4S. The van der Waals surface area contributed by atoms with Gasteiger partial charge in [0.15, 0.2) is 11.5 Å². The van der Waals surface area contributed by atoms with E-state index in [1.54, 1.807) is 32.4 Å². The van der Waals surface area contributed by atoms with Gasteiger partial charge in [-0.3, -0.25) is 14.2 Å². The summed E-state index contributed by atoms with van der Waals surface area (Å²) in [6, 6.07) is 16.9. The average Bonchev–Trinajstić information content (AvgIpc) is 3.27. The van der Waals surface area contributed by atoms with Crippen LogP contribution in [-0.4, -0.2) is 35.9 Å². The van der Waals surface area contributed by atoms with Gasteiger partial charge in [-0.2, -0.15) is 5.10 Å². The van der Waals surface area contributed by atoms with Gasteiger partial charge in [0.05, 0.1) is 32.1 Å². The molecule has 0 saturated heterocycles. The molecule has 2 aromatic heterocycles. The summed E-state index contributed by atoms with van der Waals surface area (Å²) in [4.78, 5) is 31.0. The minimum Gasteiger partial charge on any atom is -0.493 e. The Bertz CT molecular complexity index is 1350. The van der Waals surface area contributed by atoms with Crippen molar-refractivity contribution >= 4 is 33.7 Å². The number of hydrogen-bond donors (Lipinski definition) is 1. The Morgan fingerprint density at radius 1 is 1.12 bits per heavy atom. The molecule has 4 rings (SSSR count). The number of nitrogens with one attached hydrogen (secondary N) is 1. The highest BCUT2D eigenvalue weighted by Crippen LogP contribution is 2.30. The van der Waals surface area contributed by atoms with Crippen LogP contribution >= 0.6 is 11.3 Å². The van der Waals surface area contributed by atoms with E-state index in [1.165, 1.54) is 28.4 Å². The predicted molar refractivity (Wildman–Crippen MR) is 125 cm³/mol. The fourth-order valence-electron chi connectivity index (χ4n) is 3.12. The molecule has 0 bridgehead atoms. The molecule has 0 saturated carbocycles. The maximum absolute atomic E-state index is 12.8. The van der Waals surface area contributed by atoms with Crippen LogP contribution in [0.3, 0.4) is 0 Å². The van der Waals surface area contributed by atoms with Crippen molar-refractivity contribution in [3.63, 3.8) is 0 Å². The van der Waals surface area contributed by atoms with Gasteiger partial charge in [-0.25, -0.2) is 10.4 Å². The van der Waals surface area contributed by atoms with Crippen LogP contribution in [0.25, 0.3) is 20.7 Å². The number of hydrogen-bond acceptors (Lipinski definition) is 7. The highest BCUT2D eigenvalue weighted by molar-refractivity contribution is 7.21. The third-order valence-electron chi connectivity index (χ3n) is 4.70. The summed E-state index contributed by atoms with van der Waals surface area (Å²) in [6.45, 7) is -0.193. The van der Waals surface area contributed by atoms with Gasteiger partial charge >= 0.3 is 0 Å². The summed E-state index contributed by atoms with van der Waals surface area (Å²) in [5.74, 6) is 0.711. The summed E-state index contributed by atoms with van der Waals surface area (Å²) in [6.07, 6.45) is 2.86. The minimum absolute atomic E-state index is 0.193. The molecule has 0 spiro atoms. The maximum Gasteiger partial charge on any atom is 0.262 e. The molecule has 4 aromatic rings. The Kier molecular flexibility index (Phi) is 6.27. The van der Waals surface area contributed by atoms with Gasteiger partial charge in [0.1, 0.15) is 11.4 Å². The number of hydrazone groups is 1. The quantitative estimate of drug-likeness (QED) is 0.346. The average molecular weight is 449 g/mol. The SMILES string of the molecule is COc1ccc(/C=N\NC(=O)Cn2cnc3sc(-c4ccccc4)cc3c2=O)cc1OC. The first-order valence-electron chi connectivity index (χ1n) is 9.67. The number of aromatic nitrogens is 2. The van der Waals surface area contributed by atoms with Crippen LogP contribution in [0.5, 0.6) is 11.5 Å². The Morgan fingerprint density at radius 2 is 1.91 bits per heavy atom. The van der Waals surface area contributed by atoms with Crippen molar-refractivity contribution in [2.45, 2.75) is 6.54 Å². The second-order valence-corrected chi connectivity index (χ2v) is 7.81. The van der Waals surface area contributed by atoms with Crippen LogP contribution in [0, 0.1) is 0 Å². The van der Waals surface area contributed by atoms with Crippen molar-refractivity contribution in [2.75, 3.05) is 14.2 Å². The fourth-order valence-corrected chi connectivity index (χ4v) is 4.11. The summed E-state index contributed by atoms with van der Waals surface area (Å²) in [5.41, 5.74) is 3.89. The van der Waals surface area contributed by atoms with Crippen molar-refractivity contribution in [1.29, 1.82) is 0 Å².